The summed E-state index contributed by atoms with van der Waals surface area (Å²) in [5.41, 5.74) is 1.43. The zero-order valence-electron chi connectivity index (χ0n) is 15.1. The van der Waals surface area contributed by atoms with E-state index in [0.29, 0.717) is 17.3 Å². The van der Waals surface area contributed by atoms with Crippen LogP contribution in [0.1, 0.15) is 26.7 Å². The van der Waals surface area contributed by atoms with Crippen molar-refractivity contribution in [2.24, 2.45) is 5.92 Å². The van der Waals surface area contributed by atoms with E-state index in [0.717, 1.165) is 24.3 Å². The Morgan fingerprint density at radius 3 is 2.44 bits per heavy atom. The van der Waals surface area contributed by atoms with E-state index in [9.17, 15) is 4.79 Å². The highest BCUT2D eigenvalue weighted by Crippen LogP contribution is 2.31. The number of benzene rings is 1. The Morgan fingerprint density at radius 2 is 1.88 bits per heavy atom. The molecule has 1 amide bonds. The van der Waals surface area contributed by atoms with Crippen LogP contribution in [-0.4, -0.2) is 25.1 Å². The third-order valence-corrected chi connectivity index (χ3v) is 4.06. The molecule has 25 heavy (non-hydrogen) atoms. The summed E-state index contributed by atoms with van der Waals surface area (Å²) < 4.78 is 10.6. The lowest BCUT2D eigenvalue weighted by molar-refractivity contribution is -0.120. The van der Waals surface area contributed by atoms with Gasteiger partial charge < -0.3 is 20.1 Å². The smallest absolute Gasteiger partial charge is 0.227 e. The van der Waals surface area contributed by atoms with Gasteiger partial charge in [0.25, 0.3) is 0 Å². The van der Waals surface area contributed by atoms with Crippen LogP contribution in [0.15, 0.2) is 36.5 Å². The molecular weight excluding hydrogens is 318 g/mol. The molecular formula is C19H25N3O3. The predicted octanol–water partition coefficient (Wildman–Crippen LogP) is 4.22. The fourth-order valence-corrected chi connectivity index (χ4v) is 2.50. The largest absolute Gasteiger partial charge is 0.497 e. The molecule has 1 aromatic carbocycles. The van der Waals surface area contributed by atoms with Gasteiger partial charge >= 0.3 is 0 Å². The van der Waals surface area contributed by atoms with Gasteiger partial charge in [-0.05, 0) is 37.1 Å². The topological polar surface area (TPSA) is 72.5 Å². The van der Waals surface area contributed by atoms with Gasteiger partial charge in [-0.15, -0.1) is 0 Å². The monoisotopic (exact) mass is 343 g/mol. The van der Waals surface area contributed by atoms with Gasteiger partial charge in [0, 0.05) is 12.0 Å². The molecule has 0 aliphatic rings. The second-order valence-corrected chi connectivity index (χ2v) is 5.63. The first-order valence-electron chi connectivity index (χ1n) is 8.37. The molecule has 0 aliphatic carbocycles. The van der Waals surface area contributed by atoms with Crippen molar-refractivity contribution in [1.29, 1.82) is 0 Å². The van der Waals surface area contributed by atoms with Crippen molar-refractivity contribution in [2.75, 3.05) is 24.9 Å². The molecule has 6 nitrogen and oxygen atoms in total. The molecule has 2 aromatic rings. The Bertz CT molecular complexity index is 698. The normalized spacial score (nSPS) is 10.4. The number of carbonyl (C=O) groups is 1. The highest BCUT2D eigenvalue weighted by atomic mass is 16.5. The third-order valence-electron chi connectivity index (χ3n) is 4.06. The van der Waals surface area contributed by atoms with E-state index in [1.807, 2.05) is 38.1 Å². The molecule has 0 unspecified atom stereocenters. The Kier molecular flexibility index (Phi) is 6.62. The van der Waals surface area contributed by atoms with E-state index in [2.05, 4.69) is 15.6 Å². The van der Waals surface area contributed by atoms with Gasteiger partial charge in [0.2, 0.25) is 5.91 Å². The molecule has 0 spiro atoms. The highest BCUT2D eigenvalue weighted by Gasteiger charge is 2.14. The second kappa shape index (κ2) is 8.92. The number of amides is 1. The number of pyridine rings is 1. The zero-order chi connectivity index (χ0) is 18.2. The molecule has 0 bridgehead atoms. The van der Waals surface area contributed by atoms with E-state index in [-0.39, 0.29) is 11.8 Å². The first-order chi connectivity index (χ1) is 12.1. The maximum absolute atomic E-state index is 12.1. The summed E-state index contributed by atoms with van der Waals surface area (Å²) in [7, 11) is 3.22. The minimum atomic E-state index is 0.0267. The number of carbonyl (C=O) groups excluding carboxylic acids is 1. The minimum Gasteiger partial charge on any atom is -0.497 e. The minimum absolute atomic E-state index is 0.0267. The number of nitrogens with one attached hydrogen (secondary N) is 2. The van der Waals surface area contributed by atoms with Gasteiger partial charge in [0.1, 0.15) is 17.3 Å². The average Bonchev–Trinajstić information content (AvgIpc) is 2.64. The number of hydrogen-bond donors (Lipinski definition) is 2. The van der Waals surface area contributed by atoms with Crippen LogP contribution in [0.3, 0.4) is 0 Å². The van der Waals surface area contributed by atoms with Crippen LogP contribution in [0.2, 0.25) is 0 Å². The van der Waals surface area contributed by atoms with Crippen molar-refractivity contribution < 1.29 is 14.3 Å². The Labute approximate surface area is 148 Å². The van der Waals surface area contributed by atoms with E-state index in [1.54, 1.807) is 26.5 Å². The third kappa shape index (κ3) is 4.86. The van der Waals surface area contributed by atoms with Crippen molar-refractivity contribution >= 4 is 23.1 Å². The van der Waals surface area contributed by atoms with Crippen molar-refractivity contribution in [3.63, 3.8) is 0 Å². The van der Waals surface area contributed by atoms with Crippen LogP contribution in [0, 0.1) is 5.92 Å². The maximum atomic E-state index is 12.1. The lowest BCUT2D eigenvalue weighted by atomic mass is 10.0. The molecule has 0 fully saturated rings. The highest BCUT2D eigenvalue weighted by molar-refractivity contribution is 5.92. The number of aromatic nitrogens is 1. The first kappa shape index (κ1) is 18.6. The SMILES string of the molecule is CCC(CC)C(=O)Nc1ccc(Nc2cc(OC)ccc2OC)nc1. The number of methoxy groups -OCH3 is 2. The number of nitrogens with zero attached hydrogens (tertiary/aromatic N) is 1. The molecule has 2 rings (SSSR count). The van der Waals surface area contributed by atoms with Crippen LogP contribution in [-0.2, 0) is 4.79 Å². The van der Waals surface area contributed by atoms with E-state index >= 15 is 0 Å². The summed E-state index contributed by atoms with van der Waals surface area (Å²) in [5.74, 6) is 2.11. The van der Waals surface area contributed by atoms with Crippen molar-refractivity contribution in [3.8, 4) is 11.5 Å². The molecule has 0 saturated carbocycles. The van der Waals surface area contributed by atoms with Crippen molar-refractivity contribution in [3.05, 3.63) is 36.5 Å². The quantitative estimate of drug-likeness (QED) is 0.751. The van der Waals surface area contributed by atoms with Gasteiger partial charge in [-0.3, -0.25) is 4.79 Å². The molecule has 1 heterocycles. The second-order valence-electron chi connectivity index (χ2n) is 5.63. The molecule has 1 aromatic heterocycles. The van der Waals surface area contributed by atoms with Crippen LogP contribution < -0.4 is 20.1 Å². The summed E-state index contributed by atoms with van der Waals surface area (Å²) in [6, 6.07) is 9.12. The summed E-state index contributed by atoms with van der Waals surface area (Å²) in [4.78, 5) is 16.5. The number of ether oxygens (including phenoxy) is 2. The zero-order valence-corrected chi connectivity index (χ0v) is 15.1. The molecule has 0 radical (unpaired) electrons. The van der Waals surface area contributed by atoms with Gasteiger partial charge in [-0.1, -0.05) is 13.8 Å². The standard InChI is InChI=1S/C19H25N3O3/c1-5-13(6-2)19(23)21-14-7-10-18(20-12-14)22-16-11-15(24-3)8-9-17(16)25-4/h7-13H,5-6H2,1-4H3,(H,20,22)(H,21,23). The van der Waals surface area contributed by atoms with Gasteiger partial charge in [0.05, 0.1) is 31.8 Å². The summed E-state index contributed by atoms with van der Waals surface area (Å²) in [6.07, 6.45) is 3.28. The molecule has 2 N–H and O–H groups in total. The van der Waals surface area contributed by atoms with Gasteiger partial charge in [-0.25, -0.2) is 4.98 Å². The molecule has 6 heteroatoms. The number of anilines is 3. The Balaban J connectivity index is 2.09. The van der Waals surface area contributed by atoms with E-state index in [1.165, 1.54) is 0 Å². The van der Waals surface area contributed by atoms with Gasteiger partial charge in [-0.2, -0.15) is 0 Å². The molecule has 0 saturated heterocycles. The Hall–Kier alpha value is -2.76. The fourth-order valence-electron chi connectivity index (χ4n) is 2.50. The first-order valence-corrected chi connectivity index (χ1v) is 8.37. The molecule has 134 valence electrons. The molecule has 0 atom stereocenters. The van der Waals surface area contributed by atoms with Crippen molar-refractivity contribution in [2.45, 2.75) is 26.7 Å². The van der Waals surface area contributed by atoms with E-state index in [4.69, 9.17) is 9.47 Å². The van der Waals surface area contributed by atoms with E-state index < -0.39 is 0 Å². The fraction of sp³-hybridized carbons (Fsp3) is 0.368. The van der Waals surface area contributed by atoms with Crippen LogP contribution in [0.5, 0.6) is 11.5 Å². The van der Waals surface area contributed by atoms with Crippen LogP contribution in [0.25, 0.3) is 0 Å². The number of rotatable bonds is 8. The average molecular weight is 343 g/mol. The lowest BCUT2D eigenvalue weighted by Gasteiger charge is -2.14. The maximum Gasteiger partial charge on any atom is 0.227 e. The lowest BCUT2D eigenvalue weighted by Crippen LogP contribution is -2.21. The van der Waals surface area contributed by atoms with Gasteiger partial charge in [0.15, 0.2) is 0 Å². The Morgan fingerprint density at radius 1 is 1.12 bits per heavy atom. The summed E-state index contributed by atoms with van der Waals surface area (Å²) >= 11 is 0. The van der Waals surface area contributed by atoms with Crippen LogP contribution in [0.4, 0.5) is 17.2 Å². The molecule has 0 aliphatic heterocycles. The summed E-state index contributed by atoms with van der Waals surface area (Å²) in [6.45, 7) is 4.03. The predicted molar refractivity (Wildman–Crippen MR) is 99.8 cm³/mol. The summed E-state index contributed by atoms with van der Waals surface area (Å²) in [5, 5.41) is 6.10. The van der Waals surface area contributed by atoms with Crippen molar-refractivity contribution in [1.82, 2.24) is 4.98 Å². The van der Waals surface area contributed by atoms with Crippen LogP contribution >= 0.6 is 0 Å². The number of hydrogen-bond acceptors (Lipinski definition) is 5.